The first-order chi connectivity index (χ1) is 12.1. The van der Waals surface area contributed by atoms with Crippen LogP contribution in [0, 0.1) is 0 Å². The second kappa shape index (κ2) is 7.89. The van der Waals surface area contributed by atoms with Gasteiger partial charge in [0.2, 0.25) is 11.8 Å². The lowest BCUT2D eigenvalue weighted by Gasteiger charge is -2.37. The highest BCUT2D eigenvalue weighted by Gasteiger charge is 2.36. The second-order valence-corrected chi connectivity index (χ2v) is 7.02. The summed E-state index contributed by atoms with van der Waals surface area (Å²) in [5.74, 6) is 0.958. The predicted molar refractivity (Wildman–Crippen MR) is 96.3 cm³/mol. The molecule has 5 nitrogen and oxygen atoms in total. The number of ether oxygens (including phenoxy) is 1. The molecule has 136 valence electrons. The fourth-order valence-electron chi connectivity index (χ4n) is 3.69. The fraction of sp³-hybridized carbons (Fsp3) is 0.600. The number of amides is 2. The summed E-state index contributed by atoms with van der Waals surface area (Å²) in [4.78, 5) is 29.2. The van der Waals surface area contributed by atoms with Crippen LogP contribution in [0.4, 0.5) is 0 Å². The Hall–Kier alpha value is -2.04. The zero-order chi connectivity index (χ0) is 17.8. The summed E-state index contributed by atoms with van der Waals surface area (Å²) in [6.07, 6.45) is 5.44. The van der Waals surface area contributed by atoms with Gasteiger partial charge in [0, 0.05) is 19.0 Å². The van der Waals surface area contributed by atoms with E-state index in [2.05, 4.69) is 6.92 Å². The summed E-state index contributed by atoms with van der Waals surface area (Å²) >= 11 is 0. The SMILES string of the molecule is CCCN(C(=O)CN1C(=O)CCCC1c1cccc(OC)c1)C1CC1. The summed E-state index contributed by atoms with van der Waals surface area (Å²) in [6.45, 7) is 3.07. The Bertz CT molecular complexity index is 627. The molecule has 1 unspecified atom stereocenters. The molecule has 1 saturated carbocycles. The summed E-state index contributed by atoms with van der Waals surface area (Å²) in [7, 11) is 1.64. The standard InChI is InChI=1S/C20H28N2O3/c1-3-12-21(16-10-11-16)20(24)14-22-18(8-5-9-19(22)23)15-6-4-7-17(13-15)25-2/h4,6-7,13,16,18H,3,5,8-12,14H2,1-2H3. The van der Waals surface area contributed by atoms with Gasteiger partial charge in [-0.1, -0.05) is 19.1 Å². The molecule has 2 amide bonds. The van der Waals surface area contributed by atoms with Crippen LogP contribution < -0.4 is 4.74 Å². The van der Waals surface area contributed by atoms with Gasteiger partial charge in [-0.15, -0.1) is 0 Å². The molecule has 1 saturated heterocycles. The predicted octanol–water partition coefficient (Wildman–Crippen LogP) is 3.15. The molecule has 2 fully saturated rings. The van der Waals surface area contributed by atoms with Crippen molar-refractivity contribution in [1.29, 1.82) is 0 Å². The van der Waals surface area contributed by atoms with Gasteiger partial charge < -0.3 is 14.5 Å². The summed E-state index contributed by atoms with van der Waals surface area (Å²) in [5, 5.41) is 0. The van der Waals surface area contributed by atoms with Gasteiger partial charge in [-0.25, -0.2) is 0 Å². The molecule has 1 aromatic rings. The van der Waals surface area contributed by atoms with Crippen LogP contribution in [0.5, 0.6) is 5.75 Å². The molecule has 0 aromatic heterocycles. The van der Waals surface area contributed by atoms with Crippen LogP contribution in [-0.2, 0) is 9.59 Å². The number of piperidine rings is 1. The van der Waals surface area contributed by atoms with E-state index in [4.69, 9.17) is 4.74 Å². The van der Waals surface area contributed by atoms with Crippen molar-refractivity contribution in [2.24, 2.45) is 0 Å². The number of carbonyl (C=O) groups is 2. The number of likely N-dealkylation sites (tertiary alicyclic amines) is 1. The maximum absolute atomic E-state index is 12.8. The van der Waals surface area contributed by atoms with E-state index in [1.807, 2.05) is 29.2 Å². The molecule has 1 aliphatic carbocycles. The molecule has 0 N–H and O–H groups in total. The number of methoxy groups -OCH3 is 1. The molecular weight excluding hydrogens is 316 g/mol. The molecule has 0 radical (unpaired) electrons. The minimum absolute atomic E-state index is 0.0389. The van der Waals surface area contributed by atoms with Crippen molar-refractivity contribution >= 4 is 11.8 Å². The summed E-state index contributed by atoms with van der Waals surface area (Å²) < 4.78 is 5.32. The number of rotatable bonds is 7. The average Bonchev–Trinajstić information content (AvgIpc) is 3.46. The van der Waals surface area contributed by atoms with Crippen molar-refractivity contribution < 1.29 is 14.3 Å². The van der Waals surface area contributed by atoms with E-state index in [1.165, 1.54) is 0 Å². The van der Waals surface area contributed by atoms with Gasteiger partial charge in [0.05, 0.1) is 13.2 Å². The van der Waals surface area contributed by atoms with Crippen LogP contribution in [0.15, 0.2) is 24.3 Å². The Labute approximate surface area is 149 Å². The second-order valence-electron chi connectivity index (χ2n) is 7.02. The minimum Gasteiger partial charge on any atom is -0.497 e. The highest BCUT2D eigenvalue weighted by atomic mass is 16.5. The first-order valence-corrected chi connectivity index (χ1v) is 9.37. The molecule has 1 aromatic carbocycles. The van der Waals surface area contributed by atoms with Crippen molar-refractivity contribution in [3.05, 3.63) is 29.8 Å². The van der Waals surface area contributed by atoms with Crippen LogP contribution in [0.3, 0.4) is 0 Å². The topological polar surface area (TPSA) is 49.9 Å². The normalized spacial score (nSPS) is 20.5. The molecule has 1 aliphatic heterocycles. The number of hydrogen-bond donors (Lipinski definition) is 0. The van der Waals surface area contributed by atoms with Crippen molar-refractivity contribution in [2.45, 2.75) is 57.5 Å². The van der Waals surface area contributed by atoms with E-state index < -0.39 is 0 Å². The zero-order valence-corrected chi connectivity index (χ0v) is 15.2. The fourth-order valence-corrected chi connectivity index (χ4v) is 3.69. The van der Waals surface area contributed by atoms with E-state index in [0.717, 1.165) is 50.0 Å². The van der Waals surface area contributed by atoms with Crippen molar-refractivity contribution in [3.63, 3.8) is 0 Å². The van der Waals surface area contributed by atoms with Gasteiger partial charge >= 0.3 is 0 Å². The molecule has 2 aliphatic rings. The van der Waals surface area contributed by atoms with Crippen molar-refractivity contribution in [2.75, 3.05) is 20.2 Å². The first kappa shape index (κ1) is 17.8. The Morgan fingerprint density at radius 2 is 2.12 bits per heavy atom. The highest BCUT2D eigenvalue weighted by Crippen LogP contribution is 2.34. The molecule has 5 heteroatoms. The lowest BCUT2D eigenvalue weighted by Crippen LogP contribution is -2.47. The maximum Gasteiger partial charge on any atom is 0.242 e. The molecular formula is C20H28N2O3. The highest BCUT2D eigenvalue weighted by molar-refractivity contribution is 5.86. The summed E-state index contributed by atoms with van der Waals surface area (Å²) in [6, 6.07) is 8.20. The van der Waals surface area contributed by atoms with Crippen LogP contribution in [-0.4, -0.2) is 47.9 Å². The minimum atomic E-state index is -0.0389. The van der Waals surface area contributed by atoms with Crippen LogP contribution in [0.2, 0.25) is 0 Å². The maximum atomic E-state index is 12.8. The molecule has 0 bridgehead atoms. The van der Waals surface area contributed by atoms with Gasteiger partial charge in [0.15, 0.2) is 0 Å². The molecule has 25 heavy (non-hydrogen) atoms. The molecule has 3 rings (SSSR count). The summed E-state index contributed by atoms with van der Waals surface area (Å²) in [5.41, 5.74) is 1.05. The van der Waals surface area contributed by atoms with E-state index in [-0.39, 0.29) is 24.4 Å². The van der Waals surface area contributed by atoms with Crippen LogP contribution in [0.25, 0.3) is 0 Å². The Kier molecular flexibility index (Phi) is 5.61. The molecule has 1 heterocycles. The number of carbonyl (C=O) groups excluding carboxylic acids is 2. The zero-order valence-electron chi connectivity index (χ0n) is 15.2. The van der Waals surface area contributed by atoms with Crippen molar-refractivity contribution in [1.82, 2.24) is 9.80 Å². The van der Waals surface area contributed by atoms with Gasteiger partial charge in [0.25, 0.3) is 0 Å². The Balaban J connectivity index is 1.77. The van der Waals surface area contributed by atoms with Gasteiger partial charge in [-0.05, 0) is 49.8 Å². The number of nitrogens with zero attached hydrogens (tertiary/aromatic N) is 2. The third kappa shape index (κ3) is 4.14. The third-order valence-electron chi connectivity index (χ3n) is 5.12. The van der Waals surface area contributed by atoms with Crippen LogP contribution in [0.1, 0.15) is 57.1 Å². The Morgan fingerprint density at radius 1 is 1.32 bits per heavy atom. The van der Waals surface area contributed by atoms with E-state index >= 15 is 0 Å². The molecule has 0 spiro atoms. The van der Waals surface area contributed by atoms with Crippen molar-refractivity contribution in [3.8, 4) is 5.75 Å². The van der Waals surface area contributed by atoms with E-state index in [9.17, 15) is 9.59 Å². The monoisotopic (exact) mass is 344 g/mol. The number of benzene rings is 1. The van der Waals surface area contributed by atoms with E-state index in [0.29, 0.717) is 12.5 Å². The third-order valence-corrected chi connectivity index (χ3v) is 5.12. The number of hydrogen-bond acceptors (Lipinski definition) is 3. The van der Waals surface area contributed by atoms with Gasteiger partial charge in [-0.3, -0.25) is 9.59 Å². The van der Waals surface area contributed by atoms with Gasteiger partial charge in [-0.2, -0.15) is 0 Å². The smallest absolute Gasteiger partial charge is 0.242 e. The lowest BCUT2D eigenvalue weighted by atomic mass is 9.94. The molecule has 1 atom stereocenters. The van der Waals surface area contributed by atoms with Crippen LogP contribution >= 0.6 is 0 Å². The Morgan fingerprint density at radius 3 is 2.80 bits per heavy atom. The van der Waals surface area contributed by atoms with Gasteiger partial charge in [0.1, 0.15) is 12.3 Å². The largest absolute Gasteiger partial charge is 0.497 e. The lowest BCUT2D eigenvalue weighted by molar-refractivity contribution is -0.145. The quantitative estimate of drug-likeness (QED) is 0.763. The first-order valence-electron chi connectivity index (χ1n) is 9.37. The van der Waals surface area contributed by atoms with E-state index in [1.54, 1.807) is 12.0 Å². The average molecular weight is 344 g/mol.